The molecule has 0 saturated heterocycles. The van der Waals surface area contributed by atoms with Crippen molar-refractivity contribution in [1.82, 2.24) is 0 Å². The first-order valence-electron chi connectivity index (χ1n) is 13.8. The molecule has 1 heterocycles. The lowest BCUT2D eigenvalue weighted by Crippen LogP contribution is -2.35. The fourth-order valence-electron chi connectivity index (χ4n) is 4.50. The molecule has 0 aliphatic heterocycles. The standard InChI is InChI=1S/C33H36N2O5/c1-4-39-32(37)11-7-9-29(36)23-12-16-26(17-13-23)34-28(20-22(2)3)33(38)35-27-18-14-24(15-19-27)31-21-25-8-5-6-10-30(25)40-31/h5-6,8,10,12-19,21-22,28,34H,4,7,9,11,20H2,1-3H3,(H,35,38)/t28-/m1/s1. The fraction of sp³-hybridized carbons (Fsp3) is 0.303. The van der Waals surface area contributed by atoms with Crippen molar-refractivity contribution in [2.75, 3.05) is 17.2 Å². The van der Waals surface area contributed by atoms with Crippen molar-refractivity contribution in [3.63, 3.8) is 0 Å². The summed E-state index contributed by atoms with van der Waals surface area (Å²) in [5.41, 5.74) is 3.79. The van der Waals surface area contributed by atoms with Gasteiger partial charge in [-0.3, -0.25) is 14.4 Å². The van der Waals surface area contributed by atoms with Gasteiger partial charge in [0, 0.05) is 40.7 Å². The summed E-state index contributed by atoms with van der Waals surface area (Å²) in [6.45, 7) is 6.24. The Hall–Kier alpha value is -4.39. The number of rotatable bonds is 13. The lowest BCUT2D eigenvalue weighted by atomic mass is 10.0. The average Bonchev–Trinajstić information content (AvgIpc) is 3.38. The highest BCUT2D eigenvalue weighted by Gasteiger charge is 2.20. The van der Waals surface area contributed by atoms with Gasteiger partial charge >= 0.3 is 5.97 Å². The molecule has 2 N–H and O–H groups in total. The van der Waals surface area contributed by atoms with Gasteiger partial charge < -0.3 is 19.8 Å². The van der Waals surface area contributed by atoms with Gasteiger partial charge in [-0.2, -0.15) is 0 Å². The van der Waals surface area contributed by atoms with Crippen molar-refractivity contribution in [2.24, 2.45) is 5.92 Å². The van der Waals surface area contributed by atoms with Gasteiger partial charge in [0.1, 0.15) is 17.4 Å². The van der Waals surface area contributed by atoms with E-state index in [9.17, 15) is 14.4 Å². The topological polar surface area (TPSA) is 97.6 Å². The lowest BCUT2D eigenvalue weighted by Gasteiger charge is -2.21. The van der Waals surface area contributed by atoms with Gasteiger partial charge in [0.2, 0.25) is 5.91 Å². The molecule has 7 nitrogen and oxygen atoms in total. The Morgan fingerprint density at radius 3 is 2.25 bits per heavy atom. The minimum Gasteiger partial charge on any atom is -0.466 e. The van der Waals surface area contributed by atoms with E-state index in [0.717, 1.165) is 28.0 Å². The van der Waals surface area contributed by atoms with Gasteiger partial charge in [0.05, 0.1) is 6.61 Å². The molecular formula is C33H36N2O5. The normalized spacial score (nSPS) is 11.8. The molecule has 1 atom stereocenters. The van der Waals surface area contributed by atoms with E-state index in [1.807, 2.05) is 54.6 Å². The van der Waals surface area contributed by atoms with Crippen molar-refractivity contribution in [3.8, 4) is 11.3 Å². The van der Waals surface area contributed by atoms with Crippen LogP contribution in [-0.4, -0.2) is 30.3 Å². The van der Waals surface area contributed by atoms with Crippen LogP contribution in [0.2, 0.25) is 0 Å². The molecule has 7 heteroatoms. The number of amides is 1. The van der Waals surface area contributed by atoms with Crippen LogP contribution in [-0.2, 0) is 14.3 Å². The number of fused-ring (bicyclic) bond motifs is 1. The van der Waals surface area contributed by atoms with Gasteiger partial charge in [0.15, 0.2) is 5.78 Å². The molecule has 208 valence electrons. The Labute approximate surface area is 234 Å². The second-order valence-corrected chi connectivity index (χ2v) is 10.2. The molecule has 40 heavy (non-hydrogen) atoms. The second kappa shape index (κ2) is 13.6. The Morgan fingerprint density at radius 1 is 0.875 bits per heavy atom. The number of para-hydroxylation sites is 1. The number of furan rings is 1. The molecule has 0 bridgehead atoms. The van der Waals surface area contributed by atoms with Crippen LogP contribution in [0.4, 0.5) is 11.4 Å². The molecule has 0 aliphatic carbocycles. The molecule has 1 aromatic heterocycles. The third kappa shape index (κ3) is 7.82. The predicted octanol–water partition coefficient (Wildman–Crippen LogP) is 7.48. The number of carbonyl (C=O) groups is 3. The monoisotopic (exact) mass is 540 g/mol. The smallest absolute Gasteiger partial charge is 0.305 e. The zero-order valence-corrected chi connectivity index (χ0v) is 23.2. The summed E-state index contributed by atoms with van der Waals surface area (Å²) >= 11 is 0. The van der Waals surface area contributed by atoms with E-state index < -0.39 is 6.04 Å². The van der Waals surface area contributed by atoms with Crippen molar-refractivity contribution in [1.29, 1.82) is 0 Å². The number of carbonyl (C=O) groups excluding carboxylic acids is 3. The van der Waals surface area contributed by atoms with E-state index >= 15 is 0 Å². The number of esters is 1. The number of hydrogen-bond donors (Lipinski definition) is 2. The SMILES string of the molecule is CCOC(=O)CCCC(=O)c1ccc(N[C@H](CC(C)C)C(=O)Nc2ccc(-c3cc4ccccc4o3)cc2)cc1. The number of nitrogens with one attached hydrogen (secondary N) is 2. The molecule has 0 spiro atoms. The third-order valence-electron chi connectivity index (χ3n) is 6.52. The predicted molar refractivity (Wildman–Crippen MR) is 158 cm³/mol. The maximum Gasteiger partial charge on any atom is 0.305 e. The number of ketones is 1. The van der Waals surface area contributed by atoms with Gasteiger partial charge in [0.25, 0.3) is 0 Å². The zero-order chi connectivity index (χ0) is 28.5. The fourth-order valence-corrected chi connectivity index (χ4v) is 4.50. The summed E-state index contributed by atoms with van der Waals surface area (Å²) in [7, 11) is 0. The molecule has 3 aromatic carbocycles. The van der Waals surface area contributed by atoms with Crippen molar-refractivity contribution < 1.29 is 23.5 Å². The molecule has 4 rings (SSSR count). The molecule has 0 radical (unpaired) electrons. The van der Waals surface area contributed by atoms with E-state index in [1.165, 1.54) is 0 Å². The van der Waals surface area contributed by atoms with E-state index in [0.29, 0.717) is 36.6 Å². The Balaban J connectivity index is 1.35. The zero-order valence-electron chi connectivity index (χ0n) is 23.2. The van der Waals surface area contributed by atoms with E-state index in [1.54, 1.807) is 31.2 Å². The van der Waals surface area contributed by atoms with Gasteiger partial charge in [-0.15, -0.1) is 0 Å². The molecule has 0 aliphatic rings. The van der Waals surface area contributed by atoms with Crippen LogP contribution in [0.3, 0.4) is 0 Å². The second-order valence-electron chi connectivity index (χ2n) is 10.2. The van der Waals surface area contributed by atoms with E-state index in [4.69, 9.17) is 9.15 Å². The maximum absolute atomic E-state index is 13.2. The number of Topliss-reactive ketones (excluding diaryl/α,β-unsaturated/α-hetero) is 1. The minimum atomic E-state index is -0.457. The summed E-state index contributed by atoms with van der Waals surface area (Å²) < 4.78 is 10.9. The molecule has 1 amide bonds. The largest absolute Gasteiger partial charge is 0.466 e. The third-order valence-corrected chi connectivity index (χ3v) is 6.52. The highest BCUT2D eigenvalue weighted by Crippen LogP contribution is 2.28. The number of ether oxygens (including phenoxy) is 1. The van der Waals surface area contributed by atoms with Gasteiger partial charge in [-0.05, 0) is 86.3 Å². The molecule has 4 aromatic rings. The Bertz CT molecular complexity index is 1400. The van der Waals surface area contributed by atoms with Crippen LogP contribution in [0.5, 0.6) is 0 Å². The van der Waals surface area contributed by atoms with Crippen LogP contribution in [0.15, 0.2) is 83.3 Å². The summed E-state index contributed by atoms with van der Waals surface area (Å²) in [4.78, 5) is 37.2. The highest BCUT2D eigenvalue weighted by atomic mass is 16.5. The van der Waals surface area contributed by atoms with Crippen LogP contribution in [0, 0.1) is 5.92 Å². The summed E-state index contributed by atoms with van der Waals surface area (Å²) in [6.07, 6.45) is 1.60. The van der Waals surface area contributed by atoms with Gasteiger partial charge in [-0.1, -0.05) is 32.0 Å². The van der Waals surface area contributed by atoms with Crippen molar-refractivity contribution in [2.45, 2.75) is 52.5 Å². The van der Waals surface area contributed by atoms with Crippen LogP contribution in [0.1, 0.15) is 56.8 Å². The highest BCUT2D eigenvalue weighted by molar-refractivity contribution is 5.98. The minimum absolute atomic E-state index is 0.0292. The maximum atomic E-state index is 13.2. The number of hydrogen-bond acceptors (Lipinski definition) is 6. The number of anilines is 2. The van der Waals surface area contributed by atoms with Gasteiger partial charge in [-0.25, -0.2) is 0 Å². The molecule has 0 unspecified atom stereocenters. The molecule has 0 fully saturated rings. The van der Waals surface area contributed by atoms with Crippen molar-refractivity contribution >= 4 is 40.0 Å². The Morgan fingerprint density at radius 2 is 1.57 bits per heavy atom. The first-order valence-corrected chi connectivity index (χ1v) is 13.8. The summed E-state index contributed by atoms with van der Waals surface area (Å²) in [6, 6.07) is 24.1. The molecule has 0 saturated carbocycles. The lowest BCUT2D eigenvalue weighted by molar-refractivity contribution is -0.143. The van der Waals surface area contributed by atoms with Crippen LogP contribution >= 0.6 is 0 Å². The van der Waals surface area contributed by atoms with Crippen LogP contribution in [0.25, 0.3) is 22.3 Å². The summed E-state index contributed by atoms with van der Waals surface area (Å²) in [5.74, 6) is 0.618. The first kappa shape index (κ1) is 28.6. The van der Waals surface area contributed by atoms with E-state index in [2.05, 4.69) is 24.5 Å². The van der Waals surface area contributed by atoms with E-state index in [-0.39, 0.29) is 30.5 Å². The van der Waals surface area contributed by atoms with Crippen LogP contribution < -0.4 is 10.6 Å². The first-order chi connectivity index (χ1) is 19.3. The van der Waals surface area contributed by atoms with Crippen molar-refractivity contribution in [3.05, 3.63) is 84.4 Å². The average molecular weight is 541 g/mol. The summed E-state index contributed by atoms with van der Waals surface area (Å²) in [5, 5.41) is 7.39. The number of benzene rings is 3. The quantitative estimate of drug-likeness (QED) is 0.135. The Kier molecular flexibility index (Phi) is 9.73. The molecular weight excluding hydrogens is 504 g/mol.